The van der Waals surface area contributed by atoms with Crippen molar-refractivity contribution in [2.75, 3.05) is 27.2 Å². The third-order valence-corrected chi connectivity index (χ3v) is 6.99. The van der Waals surface area contributed by atoms with Gasteiger partial charge in [-0.3, -0.25) is 38.6 Å². The topological polar surface area (TPSA) is 140 Å². The molecule has 0 aliphatic carbocycles. The molecule has 3 heterocycles. The zero-order valence-corrected chi connectivity index (χ0v) is 22.4. The molecule has 0 radical (unpaired) electrons. The molecule has 2 aromatic carbocycles. The fourth-order valence-electron chi connectivity index (χ4n) is 5.36. The van der Waals surface area contributed by atoms with Gasteiger partial charge in [0.15, 0.2) is 11.5 Å². The number of rotatable bonds is 5. The molecule has 206 valence electrons. The molecule has 2 aromatic rings. The minimum atomic E-state index is -1.19. The normalized spacial score (nSPS) is 17.8. The number of benzene rings is 2. The summed E-state index contributed by atoms with van der Waals surface area (Å²) >= 11 is 0. The van der Waals surface area contributed by atoms with Crippen molar-refractivity contribution in [2.24, 2.45) is 0 Å². The second kappa shape index (κ2) is 9.63. The molecule has 12 nitrogen and oxygen atoms in total. The minimum Gasteiger partial charge on any atom is -0.492 e. The van der Waals surface area contributed by atoms with Crippen molar-refractivity contribution in [2.45, 2.75) is 26.8 Å². The number of nitrogens with zero attached hydrogens (tertiary/aromatic N) is 3. The lowest BCUT2D eigenvalue weighted by Gasteiger charge is -2.43. The van der Waals surface area contributed by atoms with Crippen LogP contribution in [0, 0.1) is 6.92 Å². The SMILES string of the molecule is COc1c(C)c(OC(C)=O)c2c(c1OC(C)=O)C(CN1C(=O)c3ccccc3C1=O)N1C(=O)CN(C)C(=O)C1=C2. The minimum absolute atomic E-state index is 0.0169. The van der Waals surface area contributed by atoms with Gasteiger partial charge in [0.05, 0.1) is 30.8 Å². The van der Waals surface area contributed by atoms with Crippen molar-refractivity contribution in [3.8, 4) is 17.2 Å². The highest BCUT2D eigenvalue weighted by Crippen LogP contribution is 2.52. The van der Waals surface area contributed by atoms with Crippen LogP contribution in [0.5, 0.6) is 17.2 Å². The number of hydrogen-bond acceptors (Lipinski definition) is 9. The van der Waals surface area contributed by atoms with E-state index in [4.69, 9.17) is 14.2 Å². The molecule has 0 bridgehead atoms. The fraction of sp³-hybridized carbons (Fsp3) is 0.286. The second-order valence-electron chi connectivity index (χ2n) is 9.57. The van der Waals surface area contributed by atoms with E-state index in [9.17, 15) is 28.8 Å². The maximum absolute atomic E-state index is 13.5. The van der Waals surface area contributed by atoms with E-state index in [1.807, 2.05) is 0 Å². The Hall–Kier alpha value is -5.00. The van der Waals surface area contributed by atoms with Crippen molar-refractivity contribution in [1.82, 2.24) is 14.7 Å². The van der Waals surface area contributed by atoms with Gasteiger partial charge in [0.1, 0.15) is 18.0 Å². The van der Waals surface area contributed by atoms with Crippen molar-refractivity contribution in [1.29, 1.82) is 0 Å². The molecule has 0 saturated carbocycles. The molecule has 5 rings (SSSR count). The Bertz CT molecular complexity index is 1540. The van der Waals surface area contributed by atoms with Gasteiger partial charge in [0.25, 0.3) is 17.7 Å². The molecule has 1 saturated heterocycles. The van der Waals surface area contributed by atoms with E-state index in [2.05, 4.69) is 0 Å². The second-order valence-corrected chi connectivity index (χ2v) is 9.57. The third-order valence-electron chi connectivity index (χ3n) is 6.99. The zero-order chi connectivity index (χ0) is 29.0. The van der Waals surface area contributed by atoms with E-state index in [-0.39, 0.29) is 58.3 Å². The Morgan fingerprint density at radius 1 is 0.900 bits per heavy atom. The zero-order valence-electron chi connectivity index (χ0n) is 22.4. The Morgan fingerprint density at radius 2 is 1.48 bits per heavy atom. The van der Waals surface area contributed by atoms with Gasteiger partial charge in [-0.15, -0.1) is 0 Å². The number of carbonyl (C=O) groups excluding carboxylic acids is 6. The predicted octanol–water partition coefficient (Wildman–Crippen LogP) is 1.85. The van der Waals surface area contributed by atoms with Crippen molar-refractivity contribution < 1.29 is 43.0 Å². The average molecular weight is 548 g/mol. The van der Waals surface area contributed by atoms with Gasteiger partial charge >= 0.3 is 11.9 Å². The van der Waals surface area contributed by atoms with Gasteiger partial charge in [-0.2, -0.15) is 0 Å². The van der Waals surface area contributed by atoms with Crippen LogP contribution in [-0.2, 0) is 19.2 Å². The van der Waals surface area contributed by atoms with E-state index < -0.39 is 41.6 Å². The van der Waals surface area contributed by atoms with Crippen LogP contribution in [0.1, 0.15) is 57.3 Å². The number of amides is 4. The summed E-state index contributed by atoms with van der Waals surface area (Å²) in [6.45, 7) is 3.29. The Kier molecular flexibility index (Phi) is 6.41. The molecular weight excluding hydrogens is 522 g/mol. The maximum Gasteiger partial charge on any atom is 0.308 e. The first-order valence-corrected chi connectivity index (χ1v) is 12.3. The highest BCUT2D eigenvalue weighted by atomic mass is 16.6. The predicted molar refractivity (Wildman–Crippen MR) is 137 cm³/mol. The average Bonchev–Trinajstić information content (AvgIpc) is 3.13. The first-order chi connectivity index (χ1) is 19.0. The molecule has 1 unspecified atom stereocenters. The molecule has 0 aromatic heterocycles. The van der Waals surface area contributed by atoms with Crippen LogP contribution in [0.25, 0.3) is 6.08 Å². The number of imide groups is 1. The summed E-state index contributed by atoms with van der Waals surface area (Å²) in [5.41, 5.74) is 0.943. The highest BCUT2D eigenvalue weighted by molar-refractivity contribution is 6.21. The first-order valence-electron chi connectivity index (χ1n) is 12.3. The highest BCUT2D eigenvalue weighted by Gasteiger charge is 2.48. The van der Waals surface area contributed by atoms with Crippen molar-refractivity contribution in [3.05, 3.63) is 57.8 Å². The number of likely N-dealkylation sites (N-methyl/N-ethyl adjacent to an activating group) is 1. The number of ether oxygens (including phenoxy) is 3. The number of fused-ring (bicyclic) bond motifs is 3. The van der Waals surface area contributed by atoms with E-state index >= 15 is 0 Å². The van der Waals surface area contributed by atoms with Gasteiger partial charge < -0.3 is 19.1 Å². The van der Waals surface area contributed by atoms with Crippen molar-refractivity contribution >= 4 is 41.6 Å². The van der Waals surface area contributed by atoms with E-state index in [0.29, 0.717) is 5.56 Å². The lowest BCUT2D eigenvalue weighted by atomic mass is 9.88. The van der Waals surface area contributed by atoms with Crippen LogP contribution in [0.3, 0.4) is 0 Å². The molecule has 0 N–H and O–H groups in total. The number of piperazine rings is 1. The van der Waals surface area contributed by atoms with Crippen molar-refractivity contribution in [3.63, 3.8) is 0 Å². The number of carbonyl (C=O) groups is 6. The summed E-state index contributed by atoms with van der Waals surface area (Å²) in [5.74, 6) is -3.58. The van der Waals surface area contributed by atoms with Gasteiger partial charge in [0, 0.05) is 37.6 Å². The summed E-state index contributed by atoms with van der Waals surface area (Å²) in [6, 6.07) is 5.11. The summed E-state index contributed by atoms with van der Waals surface area (Å²) in [5, 5.41) is 0. The van der Waals surface area contributed by atoms with Crippen LogP contribution >= 0.6 is 0 Å². The molecule has 4 amide bonds. The molecule has 40 heavy (non-hydrogen) atoms. The Morgan fingerprint density at radius 3 is 2.02 bits per heavy atom. The van der Waals surface area contributed by atoms with Crippen LogP contribution < -0.4 is 14.2 Å². The fourth-order valence-corrected chi connectivity index (χ4v) is 5.36. The summed E-state index contributed by atoms with van der Waals surface area (Å²) in [6.07, 6.45) is 1.38. The molecule has 0 spiro atoms. The Balaban J connectivity index is 1.80. The van der Waals surface area contributed by atoms with Gasteiger partial charge in [0.2, 0.25) is 5.91 Å². The lowest BCUT2D eigenvalue weighted by Crippen LogP contribution is -2.54. The van der Waals surface area contributed by atoms with Gasteiger partial charge in [-0.25, -0.2) is 0 Å². The van der Waals surface area contributed by atoms with E-state index in [0.717, 1.165) is 4.90 Å². The van der Waals surface area contributed by atoms with Gasteiger partial charge in [-0.05, 0) is 25.1 Å². The summed E-state index contributed by atoms with van der Waals surface area (Å²) < 4.78 is 16.7. The largest absolute Gasteiger partial charge is 0.492 e. The summed E-state index contributed by atoms with van der Waals surface area (Å²) in [4.78, 5) is 81.2. The van der Waals surface area contributed by atoms with E-state index in [1.165, 1.54) is 56.0 Å². The quantitative estimate of drug-likeness (QED) is 0.312. The van der Waals surface area contributed by atoms with Gasteiger partial charge in [-0.1, -0.05) is 12.1 Å². The van der Waals surface area contributed by atoms with Crippen LogP contribution in [0.2, 0.25) is 0 Å². The molecule has 1 fully saturated rings. The molecule has 1 atom stereocenters. The summed E-state index contributed by atoms with van der Waals surface area (Å²) in [7, 11) is 2.79. The smallest absolute Gasteiger partial charge is 0.308 e. The molecule has 12 heteroatoms. The number of hydrogen-bond donors (Lipinski definition) is 0. The molecule has 3 aliphatic rings. The van der Waals surface area contributed by atoms with Crippen LogP contribution in [0.4, 0.5) is 0 Å². The number of methoxy groups -OCH3 is 1. The number of esters is 2. The first kappa shape index (κ1) is 26.6. The van der Waals surface area contributed by atoms with E-state index in [1.54, 1.807) is 19.1 Å². The molecular formula is C28H25N3O9. The van der Waals surface area contributed by atoms with Crippen LogP contribution in [0.15, 0.2) is 30.0 Å². The third kappa shape index (κ3) is 3.99. The monoisotopic (exact) mass is 547 g/mol. The molecule has 3 aliphatic heterocycles. The maximum atomic E-state index is 13.5. The Labute approximate surface area is 228 Å². The lowest BCUT2D eigenvalue weighted by molar-refractivity contribution is -0.146. The van der Waals surface area contributed by atoms with Crippen LogP contribution in [-0.4, -0.2) is 77.5 Å². The standard InChI is InChI=1S/C28H25N3O9/c1-13-23(39-14(2)32)18-10-19-28(37)29(4)12-21(34)31(19)20(22(18)25(24(13)38-5)40-15(3)33)11-30-26(35)16-8-6-7-9-17(16)27(30)36/h6-10,20H,11-12H2,1-5H3.